The molecule has 1 aromatic rings. The topological polar surface area (TPSA) is 33.6 Å². The Morgan fingerprint density at radius 3 is 2.93 bits per heavy atom. The third-order valence-electron chi connectivity index (χ3n) is 3.00. The first-order valence-corrected chi connectivity index (χ1v) is 5.77. The van der Waals surface area contributed by atoms with E-state index in [9.17, 15) is 0 Å². The molecule has 2 atom stereocenters. The van der Waals surface area contributed by atoms with Gasteiger partial charge in [0.2, 0.25) is 0 Å². The number of nitrogens with zero attached hydrogens (tertiary/aromatic N) is 2. The van der Waals surface area contributed by atoms with Gasteiger partial charge in [-0.2, -0.15) is 5.10 Å². The third kappa shape index (κ3) is 1.90. The second-order valence-electron chi connectivity index (χ2n) is 4.28. The fourth-order valence-electron chi connectivity index (χ4n) is 1.84. The molecule has 1 aromatic heterocycles. The van der Waals surface area contributed by atoms with Crippen LogP contribution in [0.5, 0.6) is 0 Å². The van der Waals surface area contributed by atoms with Gasteiger partial charge >= 0.3 is 0 Å². The van der Waals surface area contributed by atoms with Gasteiger partial charge in [0, 0.05) is 13.0 Å². The summed E-state index contributed by atoms with van der Waals surface area (Å²) in [6.07, 6.45) is 3.49. The summed E-state index contributed by atoms with van der Waals surface area (Å²) < 4.78 is 2.96. The van der Waals surface area contributed by atoms with Crippen LogP contribution in [0.4, 0.5) is 0 Å². The van der Waals surface area contributed by atoms with E-state index in [1.165, 1.54) is 6.42 Å². The summed E-state index contributed by atoms with van der Waals surface area (Å²) in [4.78, 5) is 0. The third-order valence-corrected chi connectivity index (χ3v) is 3.32. The molecule has 0 aromatic carbocycles. The molecular formula is C10H17N3S. The highest BCUT2D eigenvalue weighted by Crippen LogP contribution is 2.39. The van der Waals surface area contributed by atoms with Gasteiger partial charge in [0.1, 0.15) is 5.82 Å². The molecule has 2 unspecified atom stereocenters. The highest BCUT2D eigenvalue weighted by atomic mass is 32.1. The van der Waals surface area contributed by atoms with Crippen LogP contribution in [-0.2, 0) is 13.0 Å². The molecule has 1 fully saturated rings. The van der Waals surface area contributed by atoms with Gasteiger partial charge in [0.25, 0.3) is 0 Å². The van der Waals surface area contributed by atoms with Crippen LogP contribution in [0.1, 0.15) is 32.5 Å². The first kappa shape index (κ1) is 9.90. The zero-order chi connectivity index (χ0) is 10.1. The van der Waals surface area contributed by atoms with Crippen LogP contribution >= 0.6 is 12.2 Å². The zero-order valence-electron chi connectivity index (χ0n) is 8.79. The van der Waals surface area contributed by atoms with Gasteiger partial charge < -0.3 is 4.57 Å². The van der Waals surface area contributed by atoms with Gasteiger partial charge in [-0.15, -0.1) is 0 Å². The molecule has 3 nitrogen and oxygen atoms in total. The Morgan fingerprint density at radius 2 is 2.36 bits per heavy atom. The van der Waals surface area contributed by atoms with Crippen molar-refractivity contribution in [2.24, 2.45) is 11.8 Å². The quantitative estimate of drug-likeness (QED) is 0.776. The molecule has 0 radical (unpaired) electrons. The monoisotopic (exact) mass is 211 g/mol. The Kier molecular flexibility index (Phi) is 2.72. The number of H-pyrrole nitrogens is 1. The van der Waals surface area contributed by atoms with Crippen LogP contribution in [0, 0.1) is 16.6 Å². The standard InChI is InChI=1S/C10H17N3S/c1-3-4-9-11-12-10(14)13(9)6-8-5-7(8)2/h7-8H,3-6H2,1-2H3,(H,12,14). The summed E-state index contributed by atoms with van der Waals surface area (Å²) in [7, 11) is 0. The van der Waals surface area contributed by atoms with Crippen molar-refractivity contribution in [1.29, 1.82) is 0 Å². The van der Waals surface area contributed by atoms with E-state index in [-0.39, 0.29) is 0 Å². The maximum Gasteiger partial charge on any atom is 0.195 e. The Bertz CT molecular complexity index is 366. The molecule has 0 amide bonds. The Morgan fingerprint density at radius 1 is 1.64 bits per heavy atom. The average Bonchev–Trinajstić information content (AvgIpc) is 2.74. The Balaban J connectivity index is 2.13. The predicted molar refractivity (Wildman–Crippen MR) is 58.7 cm³/mol. The molecular weight excluding hydrogens is 194 g/mol. The molecule has 4 heteroatoms. The second kappa shape index (κ2) is 3.85. The molecule has 1 aliphatic carbocycles. The summed E-state index contributed by atoms with van der Waals surface area (Å²) in [5.74, 6) is 2.83. The number of rotatable bonds is 4. The van der Waals surface area contributed by atoms with Crippen LogP contribution < -0.4 is 0 Å². The lowest BCUT2D eigenvalue weighted by Crippen LogP contribution is -2.06. The van der Waals surface area contributed by atoms with E-state index >= 15 is 0 Å². The number of nitrogens with one attached hydrogen (secondary N) is 1. The SMILES string of the molecule is CCCc1n[nH]c(=S)n1CC1CC1C. The fraction of sp³-hybridized carbons (Fsp3) is 0.800. The molecule has 1 heterocycles. The van der Waals surface area contributed by atoms with Crippen molar-refractivity contribution in [1.82, 2.24) is 14.8 Å². The molecule has 2 rings (SSSR count). The normalized spacial score (nSPS) is 25.3. The molecule has 0 bridgehead atoms. The van der Waals surface area contributed by atoms with Gasteiger partial charge in [-0.3, -0.25) is 5.10 Å². The van der Waals surface area contributed by atoms with Crippen molar-refractivity contribution in [3.63, 3.8) is 0 Å². The minimum atomic E-state index is 0.785. The summed E-state index contributed by atoms with van der Waals surface area (Å²) in [6, 6.07) is 0. The predicted octanol–water partition coefficient (Wildman–Crippen LogP) is 2.55. The van der Waals surface area contributed by atoms with E-state index < -0.39 is 0 Å². The first-order chi connectivity index (χ1) is 6.72. The molecule has 0 aliphatic heterocycles. The Labute approximate surface area is 89.5 Å². The van der Waals surface area contributed by atoms with Crippen LogP contribution in [-0.4, -0.2) is 14.8 Å². The van der Waals surface area contributed by atoms with Gasteiger partial charge in [0.05, 0.1) is 0 Å². The van der Waals surface area contributed by atoms with Crippen LogP contribution in [0.25, 0.3) is 0 Å². The number of hydrogen-bond acceptors (Lipinski definition) is 2. The average molecular weight is 211 g/mol. The molecule has 0 spiro atoms. The lowest BCUT2D eigenvalue weighted by molar-refractivity contribution is 0.560. The summed E-state index contributed by atoms with van der Waals surface area (Å²) >= 11 is 5.22. The van der Waals surface area contributed by atoms with Crippen molar-refractivity contribution in [3.05, 3.63) is 10.6 Å². The number of aromatic amines is 1. The van der Waals surface area contributed by atoms with Gasteiger partial charge in [-0.05, 0) is 36.9 Å². The molecule has 0 saturated heterocycles. The van der Waals surface area contributed by atoms with Crippen molar-refractivity contribution >= 4 is 12.2 Å². The maximum atomic E-state index is 5.22. The second-order valence-corrected chi connectivity index (χ2v) is 4.67. The van der Waals surface area contributed by atoms with E-state index in [2.05, 4.69) is 28.6 Å². The number of aryl methyl sites for hydroxylation is 1. The van der Waals surface area contributed by atoms with Crippen LogP contribution in [0.2, 0.25) is 0 Å². The maximum absolute atomic E-state index is 5.22. The number of aromatic nitrogens is 3. The van der Waals surface area contributed by atoms with Crippen LogP contribution in [0.15, 0.2) is 0 Å². The largest absolute Gasteiger partial charge is 0.304 e. The van der Waals surface area contributed by atoms with E-state index in [4.69, 9.17) is 12.2 Å². The first-order valence-electron chi connectivity index (χ1n) is 5.36. The molecule has 14 heavy (non-hydrogen) atoms. The van der Waals surface area contributed by atoms with Gasteiger partial charge in [-0.1, -0.05) is 13.8 Å². The Hall–Kier alpha value is -0.640. The van der Waals surface area contributed by atoms with E-state index in [1.54, 1.807) is 0 Å². The van der Waals surface area contributed by atoms with Crippen molar-refractivity contribution in [2.75, 3.05) is 0 Å². The van der Waals surface area contributed by atoms with Crippen molar-refractivity contribution in [3.8, 4) is 0 Å². The summed E-state index contributed by atoms with van der Waals surface area (Å²) in [5, 5.41) is 7.14. The highest BCUT2D eigenvalue weighted by molar-refractivity contribution is 7.71. The lowest BCUT2D eigenvalue weighted by atomic mass is 10.3. The molecule has 78 valence electrons. The van der Waals surface area contributed by atoms with Gasteiger partial charge in [0.15, 0.2) is 4.77 Å². The zero-order valence-corrected chi connectivity index (χ0v) is 9.60. The van der Waals surface area contributed by atoms with E-state index in [1.807, 2.05) is 0 Å². The minimum absolute atomic E-state index is 0.785. The van der Waals surface area contributed by atoms with E-state index in [0.717, 1.165) is 41.8 Å². The fourth-order valence-corrected chi connectivity index (χ4v) is 2.07. The summed E-state index contributed by atoms with van der Waals surface area (Å²) in [5.41, 5.74) is 0. The number of hydrogen-bond donors (Lipinski definition) is 1. The molecule has 1 N–H and O–H groups in total. The molecule has 1 aliphatic rings. The van der Waals surface area contributed by atoms with Crippen LogP contribution in [0.3, 0.4) is 0 Å². The van der Waals surface area contributed by atoms with E-state index in [0.29, 0.717) is 0 Å². The minimum Gasteiger partial charge on any atom is -0.304 e. The summed E-state index contributed by atoms with van der Waals surface area (Å²) in [6.45, 7) is 5.53. The highest BCUT2D eigenvalue weighted by Gasteiger charge is 2.33. The van der Waals surface area contributed by atoms with Crippen molar-refractivity contribution in [2.45, 2.75) is 39.7 Å². The smallest absolute Gasteiger partial charge is 0.195 e. The van der Waals surface area contributed by atoms with Crippen molar-refractivity contribution < 1.29 is 0 Å². The van der Waals surface area contributed by atoms with Gasteiger partial charge in [-0.25, -0.2) is 0 Å². The lowest BCUT2D eigenvalue weighted by Gasteiger charge is -2.04. The molecule has 1 saturated carbocycles.